The van der Waals surface area contributed by atoms with Gasteiger partial charge in [-0.2, -0.15) is 0 Å². The predicted molar refractivity (Wildman–Crippen MR) is 109 cm³/mol. The standard InChI is InChI=1S/C20H16FN3O3S2/c21-14-9-7-13(8-10-14)19(16-5-3-11-28-16)23-18(25)12-22-20-15-4-1-2-6-17(15)29(26,27)24-20/h1-11,19H,12H2,(H,22,24)(H,23,25)/t19-/m0/s1. The summed E-state index contributed by atoms with van der Waals surface area (Å²) in [5, 5.41) is 4.78. The molecule has 0 spiro atoms. The van der Waals surface area contributed by atoms with Gasteiger partial charge in [-0.1, -0.05) is 30.3 Å². The Hall–Kier alpha value is -3.04. The molecule has 6 nitrogen and oxygen atoms in total. The van der Waals surface area contributed by atoms with Gasteiger partial charge in [0.2, 0.25) is 5.91 Å². The van der Waals surface area contributed by atoms with Crippen LogP contribution in [0.2, 0.25) is 0 Å². The van der Waals surface area contributed by atoms with Gasteiger partial charge in [-0.05, 0) is 41.3 Å². The van der Waals surface area contributed by atoms with E-state index in [0.29, 0.717) is 5.56 Å². The number of nitrogens with zero attached hydrogens (tertiary/aromatic N) is 1. The third kappa shape index (κ3) is 4.06. The minimum absolute atomic E-state index is 0.141. The molecule has 1 aromatic heterocycles. The van der Waals surface area contributed by atoms with Crippen molar-refractivity contribution in [2.75, 3.05) is 6.54 Å². The fourth-order valence-electron chi connectivity index (χ4n) is 3.04. The molecule has 148 valence electrons. The van der Waals surface area contributed by atoms with Crippen LogP contribution in [0.5, 0.6) is 0 Å². The molecule has 1 atom stereocenters. The first-order valence-electron chi connectivity index (χ1n) is 8.69. The van der Waals surface area contributed by atoms with Crippen LogP contribution in [0.15, 0.2) is 75.9 Å². The molecule has 4 rings (SSSR count). The van der Waals surface area contributed by atoms with E-state index in [1.165, 1.54) is 29.5 Å². The first kappa shape index (κ1) is 19.3. The highest BCUT2D eigenvalue weighted by Crippen LogP contribution is 2.26. The maximum absolute atomic E-state index is 13.3. The van der Waals surface area contributed by atoms with Crippen LogP contribution >= 0.6 is 11.3 Å². The van der Waals surface area contributed by atoms with Crippen molar-refractivity contribution in [1.82, 2.24) is 10.0 Å². The zero-order valence-electron chi connectivity index (χ0n) is 15.0. The summed E-state index contributed by atoms with van der Waals surface area (Å²) in [6.07, 6.45) is 0. The Morgan fingerprint density at radius 1 is 1.10 bits per heavy atom. The number of hydrogen-bond donors (Lipinski definition) is 2. The molecular formula is C20H16FN3O3S2. The molecule has 29 heavy (non-hydrogen) atoms. The number of sulfonamides is 1. The first-order valence-corrected chi connectivity index (χ1v) is 11.1. The Morgan fingerprint density at radius 2 is 1.86 bits per heavy atom. The lowest BCUT2D eigenvalue weighted by Gasteiger charge is -2.17. The lowest BCUT2D eigenvalue weighted by Crippen LogP contribution is -2.31. The van der Waals surface area contributed by atoms with Gasteiger partial charge in [0.25, 0.3) is 10.0 Å². The number of rotatable bonds is 5. The topological polar surface area (TPSA) is 87.6 Å². The zero-order valence-corrected chi connectivity index (χ0v) is 16.6. The average Bonchev–Trinajstić information content (AvgIpc) is 3.32. The smallest absolute Gasteiger partial charge is 0.263 e. The van der Waals surface area contributed by atoms with Gasteiger partial charge < -0.3 is 5.32 Å². The van der Waals surface area contributed by atoms with Crippen LogP contribution in [0.1, 0.15) is 22.0 Å². The Balaban J connectivity index is 1.54. The summed E-state index contributed by atoms with van der Waals surface area (Å²) in [6, 6.07) is 15.7. The van der Waals surface area contributed by atoms with Crippen molar-refractivity contribution in [3.8, 4) is 0 Å². The highest BCUT2D eigenvalue weighted by Gasteiger charge is 2.30. The van der Waals surface area contributed by atoms with Crippen LogP contribution in [-0.4, -0.2) is 26.7 Å². The van der Waals surface area contributed by atoms with E-state index < -0.39 is 16.1 Å². The maximum atomic E-state index is 13.3. The van der Waals surface area contributed by atoms with E-state index in [2.05, 4.69) is 15.0 Å². The molecule has 0 aliphatic carbocycles. The van der Waals surface area contributed by atoms with Gasteiger partial charge in [0.1, 0.15) is 18.2 Å². The maximum Gasteiger partial charge on any atom is 0.263 e. The number of nitrogens with one attached hydrogen (secondary N) is 2. The molecule has 0 saturated heterocycles. The van der Waals surface area contributed by atoms with Crippen LogP contribution in [0.4, 0.5) is 4.39 Å². The number of thiophene rings is 1. The molecule has 1 aliphatic rings. The van der Waals surface area contributed by atoms with Gasteiger partial charge >= 0.3 is 0 Å². The van der Waals surface area contributed by atoms with Gasteiger partial charge in [-0.15, -0.1) is 11.3 Å². The summed E-state index contributed by atoms with van der Waals surface area (Å²) in [4.78, 5) is 17.7. The van der Waals surface area contributed by atoms with Crippen molar-refractivity contribution >= 4 is 33.1 Å². The molecule has 0 fully saturated rings. The van der Waals surface area contributed by atoms with Gasteiger partial charge in [0.15, 0.2) is 0 Å². The molecule has 0 saturated carbocycles. The van der Waals surface area contributed by atoms with Crippen molar-refractivity contribution in [1.29, 1.82) is 0 Å². The molecule has 1 amide bonds. The largest absolute Gasteiger partial charge is 0.343 e. The quantitative estimate of drug-likeness (QED) is 0.654. The van der Waals surface area contributed by atoms with Crippen molar-refractivity contribution in [2.45, 2.75) is 10.9 Å². The normalized spacial score (nSPS) is 16.8. The van der Waals surface area contributed by atoms with Crippen LogP contribution < -0.4 is 10.0 Å². The number of hydrogen-bond acceptors (Lipinski definition) is 5. The minimum Gasteiger partial charge on any atom is -0.343 e. The lowest BCUT2D eigenvalue weighted by atomic mass is 10.1. The second-order valence-electron chi connectivity index (χ2n) is 6.33. The van der Waals surface area contributed by atoms with Crippen LogP contribution in [0, 0.1) is 5.82 Å². The number of carbonyl (C=O) groups is 1. The number of carbonyl (C=O) groups excluding carboxylic acids is 1. The van der Waals surface area contributed by atoms with Gasteiger partial charge in [0.05, 0.1) is 10.9 Å². The van der Waals surface area contributed by atoms with Gasteiger partial charge in [-0.25, -0.2) is 12.8 Å². The van der Waals surface area contributed by atoms with E-state index in [9.17, 15) is 17.6 Å². The van der Waals surface area contributed by atoms with Crippen LogP contribution in [0.25, 0.3) is 0 Å². The lowest BCUT2D eigenvalue weighted by molar-refractivity contribution is -0.120. The fraction of sp³-hybridized carbons (Fsp3) is 0.100. The van der Waals surface area contributed by atoms with Gasteiger partial charge in [0, 0.05) is 10.4 Å². The number of aliphatic imine (C=N–C) groups is 1. The Morgan fingerprint density at radius 3 is 2.59 bits per heavy atom. The monoisotopic (exact) mass is 429 g/mol. The summed E-state index contributed by atoms with van der Waals surface area (Å²) in [5.74, 6) is -0.599. The fourth-order valence-corrected chi connectivity index (χ4v) is 5.09. The van der Waals surface area contributed by atoms with Crippen LogP contribution in [-0.2, 0) is 14.8 Å². The second-order valence-corrected chi connectivity index (χ2v) is 8.96. The Kier molecular flexibility index (Phi) is 5.16. The minimum atomic E-state index is -3.65. The van der Waals surface area contributed by atoms with E-state index in [0.717, 1.165) is 10.4 Å². The van der Waals surface area contributed by atoms with Crippen molar-refractivity contribution in [2.24, 2.45) is 4.99 Å². The van der Waals surface area contributed by atoms with E-state index in [1.54, 1.807) is 30.3 Å². The average molecular weight is 429 g/mol. The first-order chi connectivity index (χ1) is 13.9. The molecule has 2 aromatic carbocycles. The van der Waals surface area contributed by atoms with Crippen molar-refractivity contribution in [3.05, 3.63) is 87.9 Å². The summed E-state index contributed by atoms with van der Waals surface area (Å²) < 4.78 is 39.9. The zero-order chi connectivity index (χ0) is 20.4. The predicted octanol–water partition coefficient (Wildman–Crippen LogP) is 2.83. The van der Waals surface area contributed by atoms with E-state index in [4.69, 9.17) is 0 Å². The second kappa shape index (κ2) is 7.76. The summed E-state index contributed by atoms with van der Waals surface area (Å²) in [7, 11) is -3.65. The molecule has 3 aromatic rings. The van der Waals surface area contributed by atoms with E-state index in [1.807, 2.05) is 17.5 Å². The number of amides is 1. The highest BCUT2D eigenvalue weighted by molar-refractivity contribution is 7.90. The number of amidine groups is 1. The van der Waals surface area contributed by atoms with Gasteiger partial charge in [-0.3, -0.25) is 14.5 Å². The number of halogens is 1. The SMILES string of the molecule is O=C(CN=C1NS(=O)(=O)c2ccccc21)N[C@@H](c1ccc(F)cc1)c1cccs1. The molecule has 0 unspecified atom stereocenters. The number of benzene rings is 2. The van der Waals surface area contributed by atoms with Crippen molar-refractivity contribution in [3.63, 3.8) is 0 Å². The molecule has 0 bridgehead atoms. The Labute approximate surface area is 171 Å². The van der Waals surface area contributed by atoms with E-state index >= 15 is 0 Å². The molecule has 0 radical (unpaired) electrons. The number of fused-ring (bicyclic) bond motifs is 1. The van der Waals surface area contributed by atoms with E-state index in [-0.39, 0.29) is 29.0 Å². The summed E-state index contributed by atoms with van der Waals surface area (Å²) >= 11 is 1.47. The molecular weight excluding hydrogens is 413 g/mol. The molecule has 9 heteroatoms. The molecule has 2 heterocycles. The summed E-state index contributed by atoms with van der Waals surface area (Å²) in [5.41, 5.74) is 1.18. The molecule has 2 N–H and O–H groups in total. The third-order valence-electron chi connectivity index (χ3n) is 4.38. The van der Waals surface area contributed by atoms with Crippen molar-refractivity contribution < 1.29 is 17.6 Å². The summed E-state index contributed by atoms with van der Waals surface area (Å²) in [6.45, 7) is -0.255. The molecule has 1 aliphatic heterocycles. The third-order valence-corrected chi connectivity index (χ3v) is 6.71. The highest BCUT2D eigenvalue weighted by atomic mass is 32.2. The Bertz CT molecular complexity index is 1170. The van der Waals surface area contributed by atoms with Crippen LogP contribution in [0.3, 0.4) is 0 Å².